The maximum Gasteiger partial charge on any atom is 0.302 e. The molecule has 2 aromatic rings. The van der Waals surface area contributed by atoms with Crippen LogP contribution < -0.4 is 14.8 Å². The molecule has 36 heavy (non-hydrogen) atoms. The normalized spacial score (nSPS) is 13.9. The summed E-state index contributed by atoms with van der Waals surface area (Å²) in [4.78, 5) is 27.2. The van der Waals surface area contributed by atoms with E-state index in [1.165, 1.54) is 16.8 Å². The van der Waals surface area contributed by atoms with Gasteiger partial charge in [-0.05, 0) is 70.5 Å². The molecule has 0 spiro atoms. The summed E-state index contributed by atoms with van der Waals surface area (Å²) in [6, 6.07) is 13.8. The van der Waals surface area contributed by atoms with Crippen molar-refractivity contribution < 1.29 is 19.1 Å². The van der Waals surface area contributed by atoms with Crippen LogP contribution in [-0.4, -0.2) is 64.9 Å². The molecule has 9 heteroatoms. The van der Waals surface area contributed by atoms with Crippen molar-refractivity contribution in [3.05, 3.63) is 53.6 Å². The summed E-state index contributed by atoms with van der Waals surface area (Å²) in [6.07, 6.45) is 0. The summed E-state index contributed by atoms with van der Waals surface area (Å²) in [5.41, 5.74) is 3.33. The molecule has 0 aliphatic carbocycles. The van der Waals surface area contributed by atoms with Crippen molar-refractivity contribution >= 4 is 34.3 Å². The van der Waals surface area contributed by atoms with Crippen molar-refractivity contribution in [3.63, 3.8) is 0 Å². The van der Waals surface area contributed by atoms with Crippen molar-refractivity contribution in [1.29, 1.82) is 0 Å². The lowest BCUT2D eigenvalue weighted by Crippen LogP contribution is -2.42. The second kappa shape index (κ2) is 12.8. The topological polar surface area (TPSA) is 83.5 Å². The van der Waals surface area contributed by atoms with Crippen LogP contribution in [0.3, 0.4) is 0 Å². The minimum Gasteiger partial charge on any atom is -0.493 e. The summed E-state index contributed by atoms with van der Waals surface area (Å²) in [7, 11) is 1.61. The van der Waals surface area contributed by atoms with Gasteiger partial charge < -0.3 is 14.8 Å². The van der Waals surface area contributed by atoms with Gasteiger partial charge in [0.1, 0.15) is 0 Å². The summed E-state index contributed by atoms with van der Waals surface area (Å²) in [6.45, 7) is 11.5. The van der Waals surface area contributed by atoms with Crippen molar-refractivity contribution in [2.24, 2.45) is 5.10 Å². The number of nitrogens with zero attached hydrogens (tertiary/aromatic N) is 3. The second-order valence-corrected chi connectivity index (χ2v) is 9.99. The molecule has 3 rings (SSSR count). The fourth-order valence-corrected chi connectivity index (χ4v) is 4.72. The molecule has 1 N–H and O–H groups in total. The number of amides is 2. The van der Waals surface area contributed by atoms with Gasteiger partial charge in [0.2, 0.25) is 5.91 Å². The number of thioether (sulfide) groups is 1. The predicted molar refractivity (Wildman–Crippen MR) is 146 cm³/mol. The third-order valence-corrected chi connectivity index (χ3v) is 6.68. The average molecular weight is 513 g/mol. The monoisotopic (exact) mass is 512 g/mol. The molecule has 1 aliphatic rings. The van der Waals surface area contributed by atoms with E-state index in [0.717, 1.165) is 22.5 Å². The standard InChI is InChI=1S/C27H36N4O4S/c1-7-35-25-14-21(10-13-24(25)34-6)23-17-36-27(33)31(29-23)15-20-8-11-22(12-9-20)28-26(32)16-30(18(2)3)19(4)5/h8-14,18-19H,7,15-17H2,1-6H3,(H,28,32). The van der Waals surface area contributed by atoms with Gasteiger partial charge in [-0.25, -0.2) is 5.01 Å². The minimum atomic E-state index is -0.0999. The Bertz CT molecular complexity index is 1080. The fraction of sp³-hybridized carbons (Fsp3) is 0.444. The van der Waals surface area contributed by atoms with E-state index < -0.39 is 0 Å². The van der Waals surface area contributed by atoms with E-state index in [1.54, 1.807) is 7.11 Å². The van der Waals surface area contributed by atoms with Gasteiger partial charge in [-0.3, -0.25) is 14.5 Å². The van der Waals surface area contributed by atoms with Crippen molar-refractivity contribution in [3.8, 4) is 11.5 Å². The molecule has 0 radical (unpaired) electrons. The number of hydrogen-bond acceptors (Lipinski definition) is 7. The van der Waals surface area contributed by atoms with Gasteiger partial charge in [-0.15, -0.1) is 0 Å². The smallest absolute Gasteiger partial charge is 0.302 e. The fourth-order valence-electron chi connectivity index (χ4n) is 3.98. The van der Waals surface area contributed by atoms with Crippen molar-refractivity contribution in [2.75, 3.05) is 31.3 Å². The highest BCUT2D eigenvalue weighted by atomic mass is 32.2. The molecule has 1 aliphatic heterocycles. The zero-order valence-corrected chi connectivity index (χ0v) is 22.7. The van der Waals surface area contributed by atoms with Crippen LogP contribution in [0, 0.1) is 0 Å². The van der Waals surface area contributed by atoms with Gasteiger partial charge in [0, 0.05) is 29.1 Å². The lowest BCUT2D eigenvalue weighted by atomic mass is 10.1. The molecule has 0 saturated heterocycles. The number of carbonyl (C=O) groups excluding carboxylic acids is 2. The van der Waals surface area contributed by atoms with Gasteiger partial charge in [-0.2, -0.15) is 5.10 Å². The molecule has 1 heterocycles. The third-order valence-electron chi connectivity index (χ3n) is 5.80. The molecular formula is C27H36N4O4S. The van der Waals surface area contributed by atoms with E-state index in [4.69, 9.17) is 9.47 Å². The van der Waals surface area contributed by atoms with Crippen LogP contribution in [0.2, 0.25) is 0 Å². The molecule has 0 bridgehead atoms. The molecule has 0 unspecified atom stereocenters. The molecule has 2 amide bonds. The first-order valence-electron chi connectivity index (χ1n) is 12.2. The van der Waals surface area contributed by atoms with Gasteiger partial charge >= 0.3 is 5.24 Å². The van der Waals surface area contributed by atoms with Crippen molar-refractivity contribution in [1.82, 2.24) is 9.91 Å². The number of hydrazone groups is 1. The summed E-state index contributed by atoms with van der Waals surface area (Å²) in [5.74, 6) is 1.75. The summed E-state index contributed by atoms with van der Waals surface area (Å²) < 4.78 is 11.1. The van der Waals surface area contributed by atoms with Crippen molar-refractivity contribution in [2.45, 2.75) is 53.2 Å². The number of hydrogen-bond donors (Lipinski definition) is 1. The molecule has 0 fully saturated rings. The zero-order chi connectivity index (χ0) is 26.2. The number of rotatable bonds is 11. The molecule has 0 aromatic heterocycles. The first-order chi connectivity index (χ1) is 17.2. The quantitative estimate of drug-likeness (QED) is 0.444. The number of ether oxygens (including phenoxy) is 2. The van der Waals surface area contributed by atoms with Crippen LogP contribution in [0.25, 0.3) is 0 Å². The molecule has 2 aromatic carbocycles. The number of methoxy groups -OCH3 is 1. The van der Waals surface area contributed by atoms with Crippen LogP contribution in [0.4, 0.5) is 10.5 Å². The van der Waals surface area contributed by atoms with E-state index in [1.807, 2.05) is 49.4 Å². The molecule has 8 nitrogen and oxygen atoms in total. The SMILES string of the molecule is CCOc1cc(C2=NN(Cc3ccc(NC(=O)CN(C(C)C)C(C)C)cc3)C(=O)SC2)ccc1OC. The number of nitrogens with one attached hydrogen (secondary N) is 1. The van der Waals surface area contributed by atoms with E-state index in [9.17, 15) is 9.59 Å². The van der Waals surface area contributed by atoms with Crippen LogP contribution in [0.15, 0.2) is 47.6 Å². The van der Waals surface area contributed by atoms with E-state index in [0.29, 0.717) is 36.9 Å². The highest BCUT2D eigenvalue weighted by molar-refractivity contribution is 8.14. The average Bonchev–Trinajstić information content (AvgIpc) is 2.85. The van der Waals surface area contributed by atoms with Gasteiger partial charge in [0.15, 0.2) is 11.5 Å². The van der Waals surface area contributed by atoms with Gasteiger partial charge in [0.25, 0.3) is 0 Å². The first-order valence-corrected chi connectivity index (χ1v) is 13.2. The lowest BCUT2D eigenvalue weighted by Gasteiger charge is -2.29. The minimum absolute atomic E-state index is 0.0482. The maximum absolute atomic E-state index is 12.5. The lowest BCUT2D eigenvalue weighted by molar-refractivity contribution is -0.118. The highest BCUT2D eigenvalue weighted by Crippen LogP contribution is 2.30. The Kier molecular flexibility index (Phi) is 9.78. The first kappa shape index (κ1) is 27.5. The third kappa shape index (κ3) is 7.24. The molecule has 0 saturated carbocycles. The largest absolute Gasteiger partial charge is 0.493 e. The Hall–Kier alpha value is -3.04. The van der Waals surface area contributed by atoms with E-state index >= 15 is 0 Å². The van der Waals surface area contributed by atoms with Crippen LogP contribution >= 0.6 is 11.8 Å². The Morgan fingerprint density at radius 3 is 2.42 bits per heavy atom. The summed E-state index contributed by atoms with van der Waals surface area (Å²) in [5, 5.41) is 8.97. The van der Waals surface area contributed by atoms with E-state index in [-0.39, 0.29) is 23.2 Å². The number of benzene rings is 2. The van der Waals surface area contributed by atoms with Crippen LogP contribution in [0.5, 0.6) is 11.5 Å². The summed E-state index contributed by atoms with van der Waals surface area (Å²) >= 11 is 1.22. The molecular weight excluding hydrogens is 476 g/mol. The Morgan fingerprint density at radius 2 is 1.81 bits per heavy atom. The highest BCUT2D eigenvalue weighted by Gasteiger charge is 2.23. The van der Waals surface area contributed by atoms with E-state index in [2.05, 4.69) is 43.0 Å². The second-order valence-electron chi connectivity index (χ2n) is 9.06. The van der Waals surface area contributed by atoms with Crippen LogP contribution in [0.1, 0.15) is 45.7 Å². The Balaban J connectivity index is 1.68. The van der Waals surface area contributed by atoms with Gasteiger partial charge in [0.05, 0.1) is 32.5 Å². The molecule has 0 atom stereocenters. The van der Waals surface area contributed by atoms with Gasteiger partial charge in [-0.1, -0.05) is 23.9 Å². The molecule has 194 valence electrons. The number of anilines is 1. The predicted octanol–water partition coefficient (Wildman–Crippen LogP) is 5.22. The zero-order valence-electron chi connectivity index (χ0n) is 21.9. The van der Waals surface area contributed by atoms with Crippen LogP contribution in [-0.2, 0) is 11.3 Å². The maximum atomic E-state index is 12.5. The number of carbonyl (C=O) groups is 2. The Labute approximate surface area is 218 Å². The Morgan fingerprint density at radius 1 is 1.11 bits per heavy atom.